The fraction of sp³-hybridized carbons (Fsp3) is 0.364. The number of halogens is 1. The highest BCUT2D eigenvalue weighted by Gasteiger charge is 2.11. The summed E-state index contributed by atoms with van der Waals surface area (Å²) >= 11 is 5.82. The molecule has 0 amide bonds. The van der Waals surface area contributed by atoms with Gasteiger partial charge in [-0.05, 0) is 19.9 Å². The summed E-state index contributed by atoms with van der Waals surface area (Å²) in [6, 6.07) is 3.85. The van der Waals surface area contributed by atoms with Crippen LogP contribution in [0.2, 0.25) is 0 Å². The number of hydrogen-bond donors (Lipinski definition) is 1. The molecule has 0 spiro atoms. The lowest BCUT2D eigenvalue weighted by molar-refractivity contribution is 0.327. The molecule has 96 valence electrons. The minimum atomic E-state index is -0.313. The Morgan fingerprint density at radius 3 is 2.83 bits per heavy atom. The largest absolute Gasteiger partial charge is 0.478 e. The Morgan fingerprint density at radius 1 is 1.44 bits per heavy atom. The molecule has 0 saturated heterocycles. The maximum Gasteiger partial charge on any atom is 0.320 e. The molecule has 2 rings (SSSR count). The molecule has 6 nitrogen and oxygen atoms in total. The van der Waals surface area contributed by atoms with E-state index in [1.54, 1.807) is 19.2 Å². The van der Waals surface area contributed by atoms with Crippen molar-refractivity contribution in [2.24, 2.45) is 0 Å². The van der Waals surface area contributed by atoms with Gasteiger partial charge in [-0.25, -0.2) is 4.98 Å². The Labute approximate surface area is 109 Å². The van der Waals surface area contributed by atoms with Gasteiger partial charge in [-0.2, -0.15) is 0 Å². The molecule has 2 heterocycles. The molecular formula is C11H13ClN4O2. The lowest BCUT2D eigenvalue weighted by Crippen LogP contribution is -1.95. The first-order valence-corrected chi connectivity index (χ1v) is 5.96. The van der Waals surface area contributed by atoms with Crippen LogP contribution < -0.4 is 10.1 Å². The van der Waals surface area contributed by atoms with Crippen LogP contribution in [-0.2, 0) is 0 Å². The topological polar surface area (TPSA) is 73.1 Å². The van der Waals surface area contributed by atoms with Gasteiger partial charge in [-0.15, -0.1) is 16.7 Å². The summed E-state index contributed by atoms with van der Waals surface area (Å²) in [5.41, 5.74) is 0.732. The van der Waals surface area contributed by atoms with Gasteiger partial charge in [0.1, 0.15) is 5.38 Å². The molecule has 0 saturated carbocycles. The summed E-state index contributed by atoms with van der Waals surface area (Å²) < 4.78 is 10.5. The number of pyridine rings is 1. The number of nitrogens with one attached hydrogen (secondary N) is 1. The molecule has 0 aliphatic rings. The van der Waals surface area contributed by atoms with Crippen molar-refractivity contribution in [2.75, 3.05) is 11.9 Å². The van der Waals surface area contributed by atoms with Crippen LogP contribution in [0.3, 0.4) is 0 Å². The molecule has 2 aromatic heterocycles. The van der Waals surface area contributed by atoms with Crippen molar-refractivity contribution in [3.8, 4) is 5.88 Å². The number of aromatic nitrogens is 3. The van der Waals surface area contributed by atoms with Gasteiger partial charge in [0.15, 0.2) is 0 Å². The van der Waals surface area contributed by atoms with E-state index in [2.05, 4.69) is 20.5 Å². The van der Waals surface area contributed by atoms with Crippen molar-refractivity contribution in [3.63, 3.8) is 0 Å². The molecule has 7 heteroatoms. The van der Waals surface area contributed by atoms with Crippen LogP contribution in [0, 0.1) is 0 Å². The quantitative estimate of drug-likeness (QED) is 0.841. The second-order valence-corrected chi connectivity index (χ2v) is 4.16. The molecule has 18 heavy (non-hydrogen) atoms. The molecule has 0 aromatic carbocycles. The molecule has 0 bridgehead atoms. The van der Waals surface area contributed by atoms with E-state index in [-0.39, 0.29) is 11.4 Å². The van der Waals surface area contributed by atoms with Crippen LogP contribution in [-0.4, -0.2) is 21.8 Å². The third-order valence-electron chi connectivity index (χ3n) is 2.06. The van der Waals surface area contributed by atoms with Crippen LogP contribution in [0.1, 0.15) is 25.1 Å². The second-order valence-electron chi connectivity index (χ2n) is 3.50. The molecular weight excluding hydrogens is 256 g/mol. The highest BCUT2D eigenvalue weighted by molar-refractivity contribution is 6.20. The maximum atomic E-state index is 5.82. The van der Waals surface area contributed by atoms with E-state index in [1.165, 1.54) is 0 Å². The maximum absolute atomic E-state index is 5.82. The highest BCUT2D eigenvalue weighted by atomic mass is 35.5. The van der Waals surface area contributed by atoms with Gasteiger partial charge < -0.3 is 14.5 Å². The Balaban J connectivity index is 2.03. The molecule has 0 radical (unpaired) electrons. The Kier molecular flexibility index (Phi) is 3.99. The molecule has 1 N–H and O–H groups in total. The number of nitrogens with zero attached hydrogens (tertiary/aromatic N) is 3. The first kappa shape index (κ1) is 12.6. The van der Waals surface area contributed by atoms with Crippen LogP contribution >= 0.6 is 11.6 Å². The van der Waals surface area contributed by atoms with Crippen LogP contribution in [0.4, 0.5) is 11.7 Å². The summed E-state index contributed by atoms with van der Waals surface area (Å²) in [4.78, 5) is 4.11. The third kappa shape index (κ3) is 3.10. The molecule has 2 aromatic rings. The van der Waals surface area contributed by atoms with Crippen molar-refractivity contribution in [3.05, 3.63) is 24.2 Å². The van der Waals surface area contributed by atoms with Crippen molar-refractivity contribution < 1.29 is 9.15 Å². The van der Waals surface area contributed by atoms with Gasteiger partial charge in [-0.1, -0.05) is 5.10 Å². The highest BCUT2D eigenvalue weighted by Crippen LogP contribution is 2.21. The Bertz CT molecular complexity index is 498. The lowest BCUT2D eigenvalue weighted by atomic mass is 10.4. The van der Waals surface area contributed by atoms with E-state index >= 15 is 0 Å². The standard InChI is InChI=1S/C11H13ClN4O2/c1-3-17-9-5-4-8(6-13-9)14-11-16-15-10(18-11)7(2)12/h4-7H,3H2,1-2H3,(H,14,16). The molecule has 0 aliphatic carbocycles. The van der Waals surface area contributed by atoms with E-state index in [1.807, 2.05) is 13.0 Å². The summed E-state index contributed by atoms with van der Waals surface area (Å²) in [5.74, 6) is 0.946. The van der Waals surface area contributed by atoms with Gasteiger partial charge in [0, 0.05) is 6.07 Å². The number of alkyl halides is 1. The molecule has 0 fully saturated rings. The van der Waals surface area contributed by atoms with E-state index in [4.69, 9.17) is 20.8 Å². The van der Waals surface area contributed by atoms with Crippen molar-refractivity contribution in [2.45, 2.75) is 19.2 Å². The molecule has 1 atom stereocenters. The van der Waals surface area contributed by atoms with Gasteiger partial charge in [0.25, 0.3) is 0 Å². The second kappa shape index (κ2) is 5.68. The first-order valence-electron chi connectivity index (χ1n) is 5.52. The van der Waals surface area contributed by atoms with Crippen LogP contribution in [0.25, 0.3) is 0 Å². The number of rotatable bonds is 5. The average Bonchev–Trinajstić information content (AvgIpc) is 2.81. The van der Waals surface area contributed by atoms with E-state index in [0.29, 0.717) is 18.4 Å². The molecule has 0 aliphatic heterocycles. The minimum Gasteiger partial charge on any atom is -0.478 e. The molecule has 1 unspecified atom stereocenters. The van der Waals surface area contributed by atoms with Gasteiger partial charge in [0.2, 0.25) is 11.8 Å². The zero-order valence-corrected chi connectivity index (χ0v) is 10.8. The predicted molar refractivity (Wildman–Crippen MR) is 67.3 cm³/mol. The summed E-state index contributed by atoms with van der Waals surface area (Å²) in [6.45, 7) is 4.25. The lowest BCUT2D eigenvalue weighted by Gasteiger charge is -2.03. The van der Waals surface area contributed by atoms with E-state index < -0.39 is 0 Å². The zero-order valence-electron chi connectivity index (χ0n) is 10.1. The fourth-order valence-electron chi connectivity index (χ4n) is 1.26. The SMILES string of the molecule is CCOc1ccc(Nc2nnc(C(C)Cl)o2)cn1. The van der Waals surface area contributed by atoms with Crippen LogP contribution in [0.5, 0.6) is 5.88 Å². The predicted octanol–water partition coefficient (Wildman–Crippen LogP) is 2.91. The van der Waals surface area contributed by atoms with Gasteiger partial charge >= 0.3 is 6.01 Å². The van der Waals surface area contributed by atoms with Crippen molar-refractivity contribution in [1.29, 1.82) is 0 Å². The normalized spacial score (nSPS) is 12.2. The van der Waals surface area contributed by atoms with Crippen molar-refractivity contribution >= 4 is 23.3 Å². The average molecular weight is 269 g/mol. The Hall–Kier alpha value is -1.82. The third-order valence-corrected chi connectivity index (χ3v) is 2.25. The number of anilines is 2. The number of hydrogen-bond acceptors (Lipinski definition) is 6. The monoisotopic (exact) mass is 268 g/mol. The van der Waals surface area contributed by atoms with E-state index in [9.17, 15) is 0 Å². The fourth-order valence-corrected chi connectivity index (χ4v) is 1.35. The first-order chi connectivity index (χ1) is 8.69. The van der Waals surface area contributed by atoms with Crippen molar-refractivity contribution in [1.82, 2.24) is 15.2 Å². The zero-order chi connectivity index (χ0) is 13.0. The smallest absolute Gasteiger partial charge is 0.320 e. The van der Waals surface area contributed by atoms with Gasteiger partial charge in [0.05, 0.1) is 18.5 Å². The summed E-state index contributed by atoms with van der Waals surface area (Å²) in [5, 5.41) is 10.2. The van der Waals surface area contributed by atoms with Gasteiger partial charge in [-0.3, -0.25) is 0 Å². The minimum absolute atomic E-state index is 0.281. The number of ether oxygens (including phenoxy) is 1. The van der Waals surface area contributed by atoms with Crippen LogP contribution in [0.15, 0.2) is 22.7 Å². The summed E-state index contributed by atoms with van der Waals surface area (Å²) in [6.07, 6.45) is 1.62. The summed E-state index contributed by atoms with van der Waals surface area (Å²) in [7, 11) is 0. The van der Waals surface area contributed by atoms with E-state index in [0.717, 1.165) is 5.69 Å². The Morgan fingerprint density at radius 2 is 2.28 bits per heavy atom.